The Morgan fingerprint density at radius 2 is 1.79 bits per heavy atom. The first-order chi connectivity index (χ1) is 13.3. The Balaban J connectivity index is 2.09. The number of nitro benzene ring substituents is 1. The topological polar surface area (TPSA) is 114 Å². The highest BCUT2D eigenvalue weighted by Gasteiger charge is 2.21. The van der Waals surface area contributed by atoms with Gasteiger partial charge in [-0.15, -0.1) is 0 Å². The molecule has 0 aliphatic carbocycles. The molecule has 148 valence electrons. The second kappa shape index (κ2) is 9.47. The molecule has 2 aromatic rings. The molecule has 28 heavy (non-hydrogen) atoms. The van der Waals surface area contributed by atoms with E-state index in [2.05, 4.69) is 10.6 Å². The number of hydrogen-bond donors (Lipinski definition) is 2. The maximum absolute atomic E-state index is 12.5. The highest BCUT2D eigenvalue weighted by atomic mass is 16.6. The van der Waals surface area contributed by atoms with Gasteiger partial charge in [-0.25, -0.2) is 0 Å². The first kappa shape index (κ1) is 20.8. The van der Waals surface area contributed by atoms with Gasteiger partial charge in [0.25, 0.3) is 17.5 Å². The van der Waals surface area contributed by atoms with Crippen molar-refractivity contribution >= 4 is 23.2 Å². The standard InChI is InChI=1S/C19H22N4O5/c1-22(2)11-10-20-18(24)13-4-6-14(7-5-13)21-19(25)16-12-15(28-3)8-9-17(16)23(26)27/h4-9,12H,10-11H2,1-3H3,(H,20,24)(H,21,25). The third kappa shape index (κ3) is 5.52. The van der Waals surface area contributed by atoms with Gasteiger partial charge >= 0.3 is 0 Å². The van der Waals surface area contributed by atoms with Crippen molar-refractivity contribution in [1.29, 1.82) is 0 Å². The summed E-state index contributed by atoms with van der Waals surface area (Å²) in [4.78, 5) is 37.0. The molecule has 2 N–H and O–H groups in total. The molecule has 0 aliphatic heterocycles. The minimum atomic E-state index is -0.645. The van der Waals surface area contributed by atoms with Crippen LogP contribution in [-0.2, 0) is 0 Å². The number of ether oxygens (including phenoxy) is 1. The normalized spacial score (nSPS) is 10.4. The summed E-state index contributed by atoms with van der Waals surface area (Å²) >= 11 is 0. The van der Waals surface area contributed by atoms with Crippen LogP contribution in [0.15, 0.2) is 42.5 Å². The molecule has 0 atom stereocenters. The molecule has 0 fully saturated rings. The van der Waals surface area contributed by atoms with Gasteiger partial charge in [0.2, 0.25) is 0 Å². The molecule has 0 radical (unpaired) electrons. The average Bonchev–Trinajstić information content (AvgIpc) is 2.67. The maximum Gasteiger partial charge on any atom is 0.282 e. The van der Waals surface area contributed by atoms with Crippen LogP contribution >= 0.6 is 0 Å². The molecular formula is C19H22N4O5. The third-order valence-corrected chi connectivity index (χ3v) is 3.89. The number of nitro groups is 1. The summed E-state index contributed by atoms with van der Waals surface area (Å²) in [7, 11) is 5.23. The van der Waals surface area contributed by atoms with Crippen molar-refractivity contribution in [3.63, 3.8) is 0 Å². The van der Waals surface area contributed by atoms with Crippen molar-refractivity contribution in [1.82, 2.24) is 10.2 Å². The summed E-state index contributed by atoms with van der Waals surface area (Å²) in [5.74, 6) is -0.530. The first-order valence-electron chi connectivity index (χ1n) is 8.48. The van der Waals surface area contributed by atoms with Crippen molar-refractivity contribution in [2.75, 3.05) is 39.6 Å². The van der Waals surface area contributed by atoms with Gasteiger partial charge in [0.15, 0.2) is 0 Å². The molecule has 9 heteroatoms. The van der Waals surface area contributed by atoms with Crippen LogP contribution in [0.3, 0.4) is 0 Å². The second-order valence-electron chi connectivity index (χ2n) is 6.23. The van der Waals surface area contributed by atoms with Crippen LogP contribution in [0.25, 0.3) is 0 Å². The number of hydrogen-bond acceptors (Lipinski definition) is 6. The molecule has 2 amide bonds. The largest absolute Gasteiger partial charge is 0.497 e. The molecule has 0 unspecified atom stereocenters. The van der Waals surface area contributed by atoms with Gasteiger partial charge in [0.1, 0.15) is 11.3 Å². The van der Waals surface area contributed by atoms with Gasteiger partial charge < -0.3 is 20.3 Å². The van der Waals surface area contributed by atoms with E-state index in [-0.39, 0.29) is 17.2 Å². The molecule has 2 aromatic carbocycles. The molecule has 2 rings (SSSR count). The first-order valence-corrected chi connectivity index (χ1v) is 8.48. The highest BCUT2D eigenvalue weighted by Crippen LogP contribution is 2.25. The van der Waals surface area contributed by atoms with E-state index in [0.717, 1.165) is 6.54 Å². The number of rotatable bonds is 8. The van der Waals surface area contributed by atoms with Crippen molar-refractivity contribution in [2.45, 2.75) is 0 Å². The predicted molar refractivity (Wildman–Crippen MR) is 105 cm³/mol. The Morgan fingerprint density at radius 3 is 2.36 bits per heavy atom. The molecule has 0 aliphatic rings. The van der Waals surface area contributed by atoms with Crippen molar-refractivity contribution in [3.8, 4) is 5.75 Å². The van der Waals surface area contributed by atoms with E-state index >= 15 is 0 Å². The number of amides is 2. The summed E-state index contributed by atoms with van der Waals surface area (Å²) in [5.41, 5.74) is 0.418. The molecule has 0 spiro atoms. The Labute approximate surface area is 162 Å². The second-order valence-corrected chi connectivity index (χ2v) is 6.23. The van der Waals surface area contributed by atoms with Crippen molar-refractivity contribution < 1.29 is 19.2 Å². The van der Waals surface area contributed by atoms with Gasteiger partial charge in [0, 0.05) is 30.4 Å². The van der Waals surface area contributed by atoms with E-state index in [4.69, 9.17) is 4.74 Å². The zero-order valence-electron chi connectivity index (χ0n) is 15.9. The summed E-state index contributed by atoms with van der Waals surface area (Å²) in [6, 6.07) is 10.2. The number of carbonyl (C=O) groups excluding carboxylic acids is 2. The molecule has 9 nitrogen and oxygen atoms in total. The van der Waals surface area contributed by atoms with Gasteiger partial charge in [-0.2, -0.15) is 0 Å². The van der Waals surface area contributed by atoms with Crippen LogP contribution < -0.4 is 15.4 Å². The highest BCUT2D eigenvalue weighted by molar-refractivity contribution is 6.07. The zero-order chi connectivity index (χ0) is 20.7. The Morgan fingerprint density at radius 1 is 1.11 bits per heavy atom. The van der Waals surface area contributed by atoms with E-state index in [9.17, 15) is 19.7 Å². The van der Waals surface area contributed by atoms with Gasteiger partial charge in [-0.05, 0) is 50.5 Å². The number of nitrogens with zero attached hydrogens (tertiary/aromatic N) is 2. The Bertz CT molecular complexity index is 865. The van der Waals surface area contributed by atoms with Crippen LogP contribution in [0.2, 0.25) is 0 Å². The van der Waals surface area contributed by atoms with E-state index in [1.54, 1.807) is 24.3 Å². The lowest BCUT2D eigenvalue weighted by Gasteiger charge is -2.11. The minimum Gasteiger partial charge on any atom is -0.497 e. The van der Waals surface area contributed by atoms with Gasteiger partial charge in [-0.1, -0.05) is 0 Å². The fraction of sp³-hybridized carbons (Fsp3) is 0.263. The molecule has 0 aromatic heterocycles. The van der Waals surface area contributed by atoms with E-state index in [0.29, 0.717) is 23.5 Å². The number of anilines is 1. The van der Waals surface area contributed by atoms with Crippen molar-refractivity contribution in [2.24, 2.45) is 0 Å². The average molecular weight is 386 g/mol. The summed E-state index contributed by atoms with van der Waals surface area (Å²) < 4.78 is 5.03. The van der Waals surface area contributed by atoms with Crippen LogP contribution in [0.1, 0.15) is 20.7 Å². The molecule has 0 saturated heterocycles. The lowest BCUT2D eigenvalue weighted by molar-refractivity contribution is -0.385. The fourth-order valence-corrected chi connectivity index (χ4v) is 2.38. The van der Waals surface area contributed by atoms with E-state index in [1.807, 2.05) is 19.0 Å². The Kier molecular flexibility index (Phi) is 7.05. The molecule has 0 saturated carbocycles. The molecule has 0 bridgehead atoms. The van der Waals surface area contributed by atoms with Crippen LogP contribution in [0.5, 0.6) is 5.75 Å². The van der Waals surface area contributed by atoms with Crippen LogP contribution in [0.4, 0.5) is 11.4 Å². The fourth-order valence-electron chi connectivity index (χ4n) is 2.38. The van der Waals surface area contributed by atoms with Crippen molar-refractivity contribution in [3.05, 3.63) is 63.7 Å². The van der Waals surface area contributed by atoms with Gasteiger partial charge in [0.05, 0.1) is 12.0 Å². The number of likely N-dealkylation sites (N-methyl/N-ethyl adjacent to an activating group) is 1. The SMILES string of the molecule is COc1ccc([N+](=O)[O-])c(C(=O)Nc2ccc(C(=O)NCCN(C)C)cc2)c1. The lowest BCUT2D eigenvalue weighted by atomic mass is 10.1. The quantitative estimate of drug-likeness (QED) is 0.531. The number of benzene rings is 2. The van der Waals surface area contributed by atoms with E-state index < -0.39 is 10.8 Å². The minimum absolute atomic E-state index is 0.116. The van der Waals surface area contributed by atoms with Gasteiger partial charge in [-0.3, -0.25) is 19.7 Å². The number of nitrogens with one attached hydrogen (secondary N) is 2. The predicted octanol–water partition coefficient (Wildman–Crippen LogP) is 2.15. The smallest absolute Gasteiger partial charge is 0.282 e. The number of methoxy groups -OCH3 is 1. The summed E-state index contributed by atoms with van der Waals surface area (Å²) in [6.45, 7) is 1.24. The van der Waals surface area contributed by atoms with Crippen LogP contribution in [-0.4, -0.2) is 55.9 Å². The summed E-state index contributed by atoms with van der Waals surface area (Å²) in [6.07, 6.45) is 0. The van der Waals surface area contributed by atoms with Crippen LogP contribution in [0, 0.1) is 10.1 Å². The molecular weight excluding hydrogens is 364 g/mol. The lowest BCUT2D eigenvalue weighted by Crippen LogP contribution is -2.31. The summed E-state index contributed by atoms with van der Waals surface area (Å²) in [5, 5.41) is 16.5. The molecule has 0 heterocycles. The zero-order valence-corrected chi connectivity index (χ0v) is 15.9. The third-order valence-electron chi connectivity index (χ3n) is 3.89. The monoisotopic (exact) mass is 386 g/mol. The van der Waals surface area contributed by atoms with E-state index in [1.165, 1.54) is 25.3 Å². The number of carbonyl (C=O) groups is 2. The Hall–Kier alpha value is -3.46. The maximum atomic E-state index is 12.5.